The maximum Gasteiger partial charge on any atom is 0.416 e. The lowest BCUT2D eigenvalue weighted by atomic mass is 10.1. The van der Waals surface area contributed by atoms with E-state index in [0.29, 0.717) is 40.7 Å². The van der Waals surface area contributed by atoms with E-state index in [9.17, 15) is 18.0 Å². The Bertz CT molecular complexity index is 1490. The summed E-state index contributed by atoms with van der Waals surface area (Å²) < 4.78 is 64.3. The molecular formula is C28H32ClF3N4O5S. The first-order valence-electron chi connectivity index (χ1n) is 12.7. The topological polar surface area (TPSA) is 101 Å². The van der Waals surface area contributed by atoms with Crippen LogP contribution in [0.4, 0.5) is 13.2 Å². The van der Waals surface area contributed by atoms with E-state index < -0.39 is 24.3 Å². The summed E-state index contributed by atoms with van der Waals surface area (Å²) in [6.07, 6.45) is -2.19. The number of ether oxygens (including phenoxy) is 4. The highest BCUT2D eigenvalue weighted by Crippen LogP contribution is 2.38. The highest BCUT2D eigenvalue weighted by atomic mass is 35.5. The van der Waals surface area contributed by atoms with Crippen LogP contribution in [-0.4, -0.2) is 67.9 Å². The van der Waals surface area contributed by atoms with E-state index >= 15 is 0 Å². The summed E-state index contributed by atoms with van der Waals surface area (Å²) in [5.74, 6) is 0.366. The van der Waals surface area contributed by atoms with E-state index in [-0.39, 0.29) is 28.6 Å². The van der Waals surface area contributed by atoms with E-state index in [1.165, 1.54) is 18.2 Å². The Balaban J connectivity index is 0.00000484. The van der Waals surface area contributed by atoms with Crippen molar-refractivity contribution in [3.05, 3.63) is 64.8 Å². The molecule has 2 heterocycles. The Morgan fingerprint density at radius 1 is 1.05 bits per heavy atom. The fourth-order valence-electron chi connectivity index (χ4n) is 4.18. The van der Waals surface area contributed by atoms with E-state index in [1.54, 1.807) is 43.3 Å². The second-order valence-electron chi connectivity index (χ2n) is 9.19. The van der Waals surface area contributed by atoms with Gasteiger partial charge in [-0.25, -0.2) is 4.98 Å². The number of primary amides is 1. The van der Waals surface area contributed by atoms with Gasteiger partial charge in [0.25, 0.3) is 5.91 Å². The fraction of sp³-hybridized carbons (Fsp3) is 0.357. The van der Waals surface area contributed by atoms with Gasteiger partial charge in [0.1, 0.15) is 28.6 Å². The van der Waals surface area contributed by atoms with Crippen LogP contribution in [0.5, 0.6) is 17.2 Å². The van der Waals surface area contributed by atoms with Gasteiger partial charge < -0.3 is 29.6 Å². The average molecular weight is 629 g/mol. The smallest absolute Gasteiger partial charge is 0.416 e. The molecule has 228 valence electrons. The van der Waals surface area contributed by atoms with Crippen molar-refractivity contribution in [2.45, 2.75) is 19.2 Å². The summed E-state index contributed by atoms with van der Waals surface area (Å²) in [7, 11) is 5.22. The van der Waals surface area contributed by atoms with Crippen molar-refractivity contribution in [1.29, 1.82) is 0 Å². The van der Waals surface area contributed by atoms with Crippen LogP contribution in [0.15, 0.2) is 48.8 Å². The Morgan fingerprint density at radius 3 is 2.50 bits per heavy atom. The first-order valence-corrected chi connectivity index (χ1v) is 13.5. The molecule has 0 radical (unpaired) electrons. The molecule has 0 aliphatic rings. The number of hydrogen-bond acceptors (Lipinski definition) is 8. The molecule has 0 saturated heterocycles. The summed E-state index contributed by atoms with van der Waals surface area (Å²) in [5, 5.41) is 0.538. The number of hydrogen-bond donors (Lipinski definition) is 1. The summed E-state index contributed by atoms with van der Waals surface area (Å²) >= 11 is 1.05. The molecule has 0 fully saturated rings. The molecule has 9 nitrogen and oxygen atoms in total. The van der Waals surface area contributed by atoms with Gasteiger partial charge >= 0.3 is 6.18 Å². The first kappa shape index (κ1) is 33.0. The molecule has 14 heteroatoms. The van der Waals surface area contributed by atoms with Crippen LogP contribution < -0.4 is 19.9 Å². The van der Waals surface area contributed by atoms with E-state index in [0.717, 1.165) is 36.9 Å². The quantitative estimate of drug-likeness (QED) is 0.183. The number of fused-ring (bicyclic) bond motifs is 1. The fourth-order valence-corrected chi connectivity index (χ4v) is 5.12. The van der Waals surface area contributed by atoms with Crippen molar-refractivity contribution >= 4 is 40.7 Å². The number of nitrogens with zero attached hydrogens (tertiary/aromatic N) is 3. The van der Waals surface area contributed by atoms with Crippen molar-refractivity contribution in [2.24, 2.45) is 5.73 Å². The third-order valence-electron chi connectivity index (χ3n) is 6.30. The standard InChI is InChI=1S/C28H31F3N4O5S.ClH/c1-34(10-12-37-2)9-6-11-39-23-14-21-20(13-22(23)38-3)33-17-35(21)25-15-24(26(41-25)27(32)36)40-16-18-7-4-5-8-19(18)28(29,30)31;/h4-5,7-8,13-15,17H,6,9-12,16H2,1-3H3,(H2,32,36);1H. The molecule has 2 aromatic carbocycles. The number of benzene rings is 2. The third-order valence-corrected chi connectivity index (χ3v) is 7.43. The largest absolute Gasteiger partial charge is 0.493 e. The number of alkyl halides is 3. The zero-order chi connectivity index (χ0) is 29.6. The number of carbonyl (C=O) groups excluding carboxylic acids is 1. The summed E-state index contributed by atoms with van der Waals surface area (Å²) in [6.45, 7) is 2.36. The minimum absolute atomic E-state index is 0. The van der Waals surface area contributed by atoms with Gasteiger partial charge in [0.2, 0.25) is 0 Å². The second kappa shape index (κ2) is 14.6. The van der Waals surface area contributed by atoms with Crippen molar-refractivity contribution < 1.29 is 36.9 Å². The van der Waals surface area contributed by atoms with E-state index in [1.807, 2.05) is 7.05 Å². The molecule has 2 aromatic heterocycles. The lowest BCUT2D eigenvalue weighted by Gasteiger charge is -2.16. The molecule has 0 atom stereocenters. The molecule has 0 aliphatic heterocycles. The predicted octanol–water partition coefficient (Wildman–Crippen LogP) is 5.56. The molecule has 0 unspecified atom stereocenters. The van der Waals surface area contributed by atoms with Gasteiger partial charge in [-0.15, -0.1) is 23.7 Å². The molecule has 4 aromatic rings. The number of nitrogens with two attached hydrogens (primary N) is 1. The van der Waals surface area contributed by atoms with Crippen LogP contribution in [-0.2, 0) is 17.5 Å². The molecule has 2 N–H and O–H groups in total. The Hall–Kier alpha value is -3.52. The molecule has 42 heavy (non-hydrogen) atoms. The Morgan fingerprint density at radius 2 is 1.81 bits per heavy atom. The molecule has 1 amide bonds. The molecule has 0 aliphatic carbocycles. The van der Waals surface area contributed by atoms with Gasteiger partial charge in [0, 0.05) is 44.0 Å². The number of methoxy groups -OCH3 is 2. The molecule has 4 rings (SSSR count). The van der Waals surface area contributed by atoms with Crippen LogP contribution in [0.25, 0.3) is 16.0 Å². The Kier molecular flexibility index (Phi) is 11.5. The third kappa shape index (κ3) is 7.85. The van der Waals surface area contributed by atoms with Crippen LogP contribution >= 0.6 is 23.7 Å². The van der Waals surface area contributed by atoms with Gasteiger partial charge in [0.05, 0.1) is 36.9 Å². The molecule has 0 spiro atoms. The minimum atomic E-state index is -4.54. The second-order valence-corrected chi connectivity index (χ2v) is 10.2. The van der Waals surface area contributed by atoms with Gasteiger partial charge in [-0.3, -0.25) is 9.36 Å². The van der Waals surface area contributed by atoms with Gasteiger partial charge in [-0.05, 0) is 19.5 Å². The molecular weight excluding hydrogens is 597 g/mol. The van der Waals surface area contributed by atoms with E-state index in [2.05, 4.69) is 9.88 Å². The van der Waals surface area contributed by atoms with Gasteiger partial charge in [0.15, 0.2) is 11.5 Å². The number of likely N-dealkylation sites (N-methyl/N-ethyl adjacent to an activating group) is 1. The van der Waals surface area contributed by atoms with Crippen molar-refractivity contribution in [1.82, 2.24) is 14.5 Å². The van der Waals surface area contributed by atoms with Gasteiger partial charge in [-0.2, -0.15) is 13.2 Å². The lowest BCUT2D eigenvalue weighted by molar-refractivity contribution is -0.138. The highest BCUT2D eigenvalue weighted by Gasteiger charge is 2.33. The Labute approximate surface area is 251 Å². The maximum atomic E-state index is 13.4. The number of imidazole rings is 1. The zero-order valence-electron chi connectivity index (χ0n) is 23.3. The van der Waals surface area contributed by atoms with Gasteiger partial charge in [-0.1, -0.05) is 18.2 Å². The first-order chi connectivity index (χ1) is 19.6. The van der Waals surface area contributed by atoms with Crippen molar-refractivity contribution in [2.75, 3.05) is 47.6 Å². The molecule has 0 bridgehead atoms. The minimum Gasteiger partial charge on any atom is -0.493 e. The van der Waals surface area contributed by atoms with Crippen LogP contribution in [0.1, 0.15) is 27.2 Å². The number of thiophene rings is 1. The number of aromatic nitrogens is 2. The SMILES string of the molecule is COCCN(C)CCCOc1cc2c(cc1OC)ncn2-c1cc(OCc2ccccc2C(F)(F)F)c(C(N)=O)s1.Cl. The highest BCUT2D eigenvalue weighted by molar-refractivity contribution is 7.16. The summed E-state index contributed by atoms with van der Waals surface area (Å²) in [4.78, 5) is 18.9. The summed E-state index contributed by atoms with van der Waals surface area (Å²) in [5.41, 5.74) is 6.00. The maximum absolute atomic E-state index is 13.4. The lowest BCUT2D eigenvalue weighted by Crippen LogP contribution is -2.25. The van der Waals surface area contributed by atoms with E-state index in [4.69, 9.17) is 24.7 Å². The number of carbonyl (C=O) groups is 1. The zero-order valence-corrected chi connectivity index (χ0v) is 24.9. The van der Waals surface area contributed by atoms with Crippen LogP contribution in [0.2, 0.25) is 0 Å². The van der Waals surface area contributed by atoms with Crippen molar-refractivity contribution in [3.8, 4) is 22.2 Å². The normalized spacial score (nSPS) is 11.5. The average Bonchev–Trinajstić information content (AvgIpc) is 3.56. The number of rotatable bonds is 14. The van der Waals surface area contributed by atoms with Crippen LogP contribution in [0, 0.1) is 0 Å². The van der Waals surface area contributed by atoms with Crippen LogP contribution in [0.3, 0.4) is 0 Å². The van der Waals surface area contributed by atoms with Crippen molar-refractivity contribution in [3.63, 3.8) is 0 Å². The monoisotopic (exact) mass is 628 g/mol. The number of halogens is 4. The summed E-state index contributed by atoms with van der Waals surface area (Å²) in [6, 6.07) is 10.2. The predicted molar refractivity (Wildman–Crippen MR) is 157 cm³/mol. The molecule has 0 saturated carbocycles. The number of amides is 1.